The summed E-state index contributed by atoms with van der Waals surface area (Å²) in [6.45, 7) is 0. The predicted molar refractivity (Wildman–Crippen MR) is 76.2 cm³/mol. The molecular weight excluding hydrogens is 204 g/mol. The lowest BCUT2D eigenvalue weighted by atomic mass is 9.84. The van der Waals surface area contributed by atoms with Crippen molar-refractivity contribution in [1.29, 1.82) is 0 Å². The quantitative estimate of drug-likeness (QED) is 0.477. The molecule has 3 saturated carbocycles. The van der Waals surface area contributed by atoms with Gasteiger partial charge < -0.3 is 0 Å². The van der Waals surface area contributed by atoms with E-state index in [9.17, 15) is 0 Å². The molecule has 0 aromatic carbocycles. The van der Waals surface area contributed by atoms with Gasteiger partial charge in [0.1, 0.15) is 0 Å². The molecule has 0 amide bonds. The Labute approximate surface area is 109 Å². The van der Waals surface area contributed by atoms with Crippen LogP contribution in [-0.4, -0.2) is 0 Å². The average molecular weight is 236 g/mol. The van der Waals surface area contributed by atoms with Crippen LogP contribution in [0, 0.1) is 11.8 Å². The van der Waals surface area contributed by atoms with Crippen LogP contribution < -0.4 is 0 Å². The van der Waals surface area contributed by atoms with E-state index in [0.717, 1.165) is 11.8 Å². The van der Waals surface area contributed by atoms with Crippen LogP contribution in [0.5, 0.6) is 0 Å². The van der Waals surface area contributed by atoms with Crippen molar-refractivity contribution in [3.63, 3.8) is 0 Å². The zero-order chi connectivity index (χ0) is 11.8. The summed E-state index contributed by atoms with van der Waals surface area (Å²) in [5.41, 5.74) is 0. The number of hydrogen-bond donors (Lipinski definition) is 0. The summed E-state index contributed by atoms with van der Waals surface area (Å²) in [6, 6.07) is 0. The molecule has 3 aliphatic rings. The van der Waals surface area contributed by atoms with Crippen LogP contribution in [0.3, 0.4) is 0 Å². The van der Waals surface area contributed by atoms with E-state index >= 15 is 0 Å². The molecule has 100 valence electrons. The smallest absolute Gasteiger partial charge is 0.0414 e. The van der Waals surface area contributed by atoms with Gasteiger partial charge in [-0.25, -0.2) is 0 Å². The summed E-state index contributed by atoms with van der Waals surface area (Å²) in [7, 11) is 0. The highest BCUT2D eigenvalue weighted by Gasteiger charge is 2.14. The summed E-state index contributed by atoms with van der Waals surface area (Å²) in [5, 5.41) is 0. The number of hydrogen-bond acceptors (Lipinski definition) is 0. The van der Waals surface area contributed by atoms with Crippen molar-refractivity contribution in [3.8, 4) is 0 Å². The van der Waals surface area contributed by atoms with Crippen molar-refractivity contribution in [2.75, 3.05) is 0 Å². The topological polar surface area (TPSA) is 0 Å². The van der Waals surface area contributed by atoms with E-state index in [2.05, 4.69) is 0 Å². The van der Waals surface area contributed by atoms with Crippen LogP contribution in [0.4, 0.5) is 0 Å². The van der Waals surface area contributed by atoms with Crippen molar-refractivity contribution < 1.29 is 0 Å². The largest absolute Gasteiger partial charge is 0.0533 e. The summed E-state index contributed by atoms with van der Waals surface area (Å²) in [6.07, 6.45) is 23.0. The van der Waals surface area contributed by atoms with Gasteiger partial charge in [-0.15, -0.1) is 0 Å². The maximum atomic E-state index is 1.55. The normalized spacial score (nSPS) is 33.9. The highest BCUT2D eigenvalue weighted by atomic mass is 14.2. The van der Waals surface area contributed by atoms with Gasteiger partial charge in [-0.1, -0.05) is 96.3 Å². The van der Waals surface area contributed by atoms with Gasteiger partial charge in [0, 0.05) is 0 Å². The van der Waals surface area contributed by atoms with Crippen LogP contribution in [0.15, 0.2) is 0 Å². The molecule has 17 heavy (non-hydrogen) atoms. The monoisotopic (exact) mass is 236 g/mol. The van der Waals surface area contributed by atoms with E-state index in [1.807, 2.05) is 0 Å². The fraction of sp³-hybridized carbons (Fsp3) is 1.00. The Morgan fingerprint density at radius 3 is 0.765 bits per heavy atom. The summed E-state index contributed by atoms with van der Waals surface area (Å²) in [5.74, 6) is 2.18. The highest BCUT2D eigenvalue weighted by Crippen LogP contribution is 2.30. The van der Waals surface area contributed by atoms with Gasteiger partial charge in [0.2, 0.25) is 0 Å². The minimum absolute atomic E-state index is 1.09. The summed E-state index contributed by atoms with van der Waals surface area (Å²) < 4.78 is 0. The predicted octanol–water partition coefficient (Wildman–Crippen LogP) is 6.10. The van der Waals surface area contributed by atoms with E-state index in [0.29, 0.717) is 0 Å². The van der Waals surface area contributed by atoms with Crippen molar-refractivity contribution in [1.82, 2.24) is 0 Å². The molecule has 0 aromatic rings. The highest BCUT2D eigenvalue weighted by molar-refractivity contribution is 4.67. The fourth-order valence-electron chi connectivity index (χ4n) is 3.99. The first-order valence-corrected chi connectivity index (χ1v) is 8.45. The first kappa shape index (κ1) is 13.4. The van der Waals surface area contributed by atoms with Gasteiger partial charge in [0.15, 0.2) is 0 Å². The molecule has 3 fully saturated rings. The second-order valence-corrected chi connectivity index (χ2v) is 6.65. The molecule has 0 spiro atoms. The molecule has 0 heterocycles. The molecule has 2 bridgehead atoms. The van der Waals surface area contributed by atoms with E-state index in [4.69, 9.17) is 0 Å². The lowest BCUT2D eigenvalue weighted by Crippen LogP contribution is -2.07. The molecule has 0 nitrogen and oxygen atoms in total. The Bertz CT molecular complexity index is 133. The van der Waals surface area contributed by atoms with Crippen molar-refractivity contribution in [2.24, 2.45) is 11.8 Å². The van der Waals surface area contributed by atoms with Crippen LogP contribution in [0.2, 0.25) is 0 Å². The zero-order valence-corrected chi connectivity index (χ0v) is 11.8. The molecule has 0 unspecified atom stereocenters. The molecule has 3 aliphatic carbocycles. The van der Waals surface area contributed by atoms with E-state index in [1.165, 1.54) is 57.8 Å². The van der Waals surface area contributed by atoms with Crippen LogP contribution in [0.1, 0.15) is 96.3 Å². The lowest BCUT2D eigenvalue weighted by Gasteiger charge is -2.22. The third-order valence-corrected chi connectivity index (χ3v) is 5.17. The van der Waals surface area contributed by atoms with Gasteiger partial charge in [-0.2, -0.15) is 0 Å². The van der Waals surface area contributed by atoms with Crippen LogP contribution >= 0.6 is 0 Å². The third kappa shape index (κ3) is 5.44. The second kappa shape index (κ2) is 8.16. The third-order valence-electron chi connectivity index (χ3n) is 5.17. The van der Waals surface area contributed by atoms with Crippen molar-refractivity contribution in [3.05, 3.63) is 0 Å². The molecule has 0 aliphatic heterocycles. The maximum Gasteiger partial charge on any atom is -0.0414 e. The Morgan fingerprint density at radius 2 is 0.529 bits per heavy atom. The Morgan fingerprint density at radius 1 is 0.294 bits per heavy atom. The van der Waals surface area contributed by atoms with Gasteiger partial charge in [0.25, 0.3) is 0 Å². The minimum Gasteiger partial charge on any atom is -0.0533 e. The fourth-order valence-corrected chi connectivity index (χ4v) is 3.99. The SMILES string of the molecule is C1CCC2CCCCCC(CC1)CCCCC2. The van der Waals surface area contributed by atoms with E-state index in [-0.39, 0.29) is 0 Å². The molecule has 0 atom stereocenters. The Balaban J connectivity index is 1.90. The molecule has 0 aromatic heterocycles. The zero-order valence-electron chi connectivity index (χ0n) is 11.8. The number of rotatable bonds is 0. The minimum atomic E-state index is 1.09. The van der Waals surface area contributed by atoms with Gasteiger partial charge in [0.05, 0.1) is 0 Å². The van der Waals surface area contributed by atoms with Crippen LogP contribution in [-0.2, 0) is 0 Å². The standard InChI is InChI=1S/C17H32/c1-4-10-16-12-6-2-7-13-17(11-5-1)15-9-3-8-14-16/h16-17H,1-15H2. The summed E-state index contributed by atoms with van der Waals surface area (Å²) >= 11 is 0. The van der Waals surface area contributed by atoms with E-state index < -0.39 is 0 Å². The molecular formula is C17H32. The average Bonchev–Trinajstić information content (AvgIpc) is 2.29. The first-order chi connectivity index (χ1) is 8.45. The first-order valence-electron chi connectivity index (χ1n) is 8.45. The summed E-state index contributed by atoms with van der Waals surface area (Å²) in [4.78, 5) is 0. The van der Waals surface area contributed by atoms with Gasteiger partial charge in [-0.3, -0.25) is 0 Å². The molecule has 3 rings (SSSR count). The molecule has 0 heteroatoms. The van der Waals surface area contributed by atoms with Gasteiger partial charge >= 0.3 is 0 Å². The van der Waals surface area contributed by atoms with Gasteiger partial charge in [-0.05, 0) is 11.8 Å². The maximum absolute atomic E-state index is 1.55. The van der Waals surface area contributed by atoms with E-state index in [1.54, 1.807) is 38.5 Å². The van der Waals surface area contributed by atoms with Crippen molar-refractivity contribution in [2.45, 2.75) is 96.3 Å². The van der Waals surface area contributed by atoms with Crippen molar-refractivity contribution >= 4 is 0 Å². The molecule has 0 saturated heterocycles. The van der Waals surface area contributed by atoms with Crippen LogP contribution in [0.25, 0.3) is 0 Å². The second-order valence-electron chi connectivity index (χ2n) is 6.65. The number of fused-ring (bicyclic) bond motifs is 12. The Hall–Kier alpha value is 0. The molecule has 0 radical (unpaired) electrons. The lowest BCUT2D eigenvalue weighted by molar-refractivity contribution is 0.311. The molecule has 0 N–H and O–H groups in total. The Kier molecular flexibility index (Phi) is 6.45.